The highest BCUT2D eigenvalue weighted by Gasteiger charge is 2.37. The van der Waals surface area contributed by atoms with Gasteiger partial charge in [-0.15, -0.1) is 5.10 Å². The molecule has 6 heteroatoms. The standard InChI is InChI=1S/C12H14N4O2/c1-6-7(2)15-16-11(9(6)5-13)14-10(12(17)18)8-3-4-8/h8,10H,3-4H2,1-2H3,(H,14,16)(H,17,18). The van der Waals surface area contributed by atoms with Gasteiger partial charge < -0.3 is 10.4 Å². The maximum absolute atomic E-state index is 11.1. The first-order chi connectivity index (χ1) is 8.54. The summed E-state index contributed by atoms with van der Waals surface area (Å²) >= 11 is 0. The van der Waals surface area contributed by atoms with Crippen molar-refractivity contribution in [2.24, 2.45) is 5.92 Å². The number of carboxylic acids is 1. The van der Waals surface area contributed by atoms with Gasteiger partial charge in [0.05, 0.1) is 5.69 Å². The molecule has 18 heavy (non-hydrogen) atoms. The number of hydrogen-bond acceptors (Lipinski definition) is 5. The molecule has 1 unspecified atom stereocenters. The molecule has 1 atom stereocenters. The van der Waals surface area contributed by atoms with Crippen LogP contribution < -0.4 is 5.32 Å². The number of carboxylic acid groups (broad SMARTS) is 1. The maximum Gasteiger partial charge on any atom is 0.326 e. The predicted molar refractivity (Wildman–Crippen MR) is 64.0 cm³/mol. The van der Waals surface area contributed by atoms with E-state index >= 15 is 0 Å². The molecule has 1 fully saturated rings. The minimum Gasteiger partial charge on any atom is -0.480 e. The van der Waals surface area contributed by atoms with Crippen molar-refractivity contribution >= 4 is 11.8 Å². The van der Waals surface area contributed by atoms with E-state index in [9.17, 15) is 4.79 Å². The van der Waals surface area contributed by atoms with Crippen LogP contribution in [-0.4, -0.2) is 27.3 Å². The lowest BCUT2D eigenvalue weighted by Gasteiger charge is -2.15. The van der Waals surface area contributed by atoms with Crippen LogP contribution >= 0.6 is 0 Å². The molecule has 1 aliphatic carbocycles. The smallest absolute Gasteiger partial charge is 0.326 e. The number of anilines is 1. The molecule has 0 radical (unpaired) electrons. The second-order valence-corrected chi connectivity index (χ2v) is 4.54. The number of nitriles is 1. The van der Waals surface area contributed by atoms with Crippen molar-refractivity contribution < 1.29 is 9.90 Å². The van der Waals surface area contributed by atoms with Gasteiger partial charge in [-0.1, -0.05) is 0 Å². The molecule has 1 aromatic heterocycles. The molecule has 1 heterocycles. The Morgan fingerprint density at radius 3 is 2.67 bits per heavy atom. The fourth-order valence-electron chi connectivity index (χ4n) is 1.80. The maximum atomic E-state index is 11.1. The minimum atomic E-state index is -0.915. The van der Waals surface area contributed by atoms with Gasteiger partial charge in [0.2, 0.25) is 0 Å². The lowest BCUT2D eigenvalue weighted by atomic mass is 10.1. The van der Waals surface area contributed by atoms with Gasteiger partial charge in [0.25, 0.3) is 0 Å². The topological polar surface area (TPSA) is 98.9 Å². The van der Waals surface area contributed by atoms with E-state index in [4.69, 9.17) is 10.4 Å². The number of aromatic nitrogens is 2. The number of nitrogens with one attached hydrogen (secondary N) is 1. The lowest BCUT2D eigenvalue weighted by molar-refractivity contribution is -0.138. The van der Waals surface area contributed by atoms with Crippen LogP contribution in [0.2, 0.25) is 0 Å². The Morgan fingerprint density at radius 1 is 1.50 bits per heavy atom. The Bertz CT molecular complexity index is 532. The highest BCUT2D eigenvalue weighted by molar-refractivity contribution is 5.78. The van der Waals surface area contributed by atoms with E-state index < -0.39 is 12.0 Å². The first-order valence-corrected chi connectivity index (χ1v) is 5.78. The van der Waals surface area contributed by atoms with Crippen molar-refractivity contribution in [2.45, 2.75) is 32.7 Å². The van der Waals surface area contributed by atoms with Crippen LogP contribution in [0.15, 0.2) is 0 Å². The zero-order valence-corrected chi connectivity index (χ0v) is 10.3. The molecule has 1 aliphatic rings. The molecule has 94 valence electrons. The molecule has 1 aromatic rings. The molecule has 0 spiro atoms. The number of aryl methyl sites for hydroxylation is 1. The summed E-state index contributed by atoms with van der Waals surface area (Å²) in [5.74, 6) is -0.529. The van der Waals surface area contributed by atoms with Crippen LogP contribution in [0, 0.1) is 31.1 Å². The highest BCUT2D eigenvalue weighted by atomic mass is 16.4. The molecule has 0 amide bonds. The zero-order chi connectivity index (χ0) is 13.3. The number of aliphatic carboxylic acids is 1. The lowest BCUT2D eigenvalue weighted by Crippen LogP contribution is -2.32. The van der Waals surface area contributed by atoms with E-state index in [2.05, 4.69) is 21.6 Å². The number of rotatable bonds is 4. The van der Waals surface area contributed by atoms with E-state index in [1.165, 1.54) is 0 Å². The molecule has 6 nitrogen and oxygen atoms in total. The van der Waals surface area contributed by atoms with E-state index in [0.717, 1.165) is 18.4 Å². The highest BCUT2D eigenvalue weighted by Crippen LogP contribution is 2.34. The van der Waals surface area contributed by atoms with Crippen molar-refractivity contribution in [3.05, 3.63) is 16.8 Å². The summed E-state index contributed by atoms with van der Waals surface area (Å²) in [6.07, 6.45) is 1.79. The van der Waals surface area contributed by atoms with Crippen LogP contribution in [0.5, 0.6) is 0 Å². The SMILES string of the molecule is Cc1nnc(NC(C(=O)O)C2CC2)c(C#N)c1C. The molecular weight excluding hydrogens is 232 g/mol. The zero-order valence-electron chi connectivity index (χ0n) is 10.3. The molecular formula is C12H14N4O2. The summed E-state index contributed by atoms with van der Waals surface area (Å²) in [6.45, 7) is 3.54. The number of hydrogen-bond donors (Lipinski definition) is 2. The molecule has 0 aromatic carbocycles. The third-order valence-electron chi connectivity index (χ3n) is 3.22. The van der Waals surface area contributed by atoms with Gasteiger partial charge in [0.1, 0.15) is 17.7 Å². The van der Waals surface area contributed by atoms with Gasteiger partial charge in [-0.3, -0.25) is 0 Å². The molecule has 2 rings (SSSR count). The van der Waals surface area contributed by atoms with E-state index in [-0.39, 0.29) is 11.7 Å². The van der Waals surface area contributed by atoms with Gasteiger partial charge in [-0.2, -0.15) is 10.4 Å². The van der Waals surface area contributed by atoms with Gasteiger partial charge >= 0.3 is 5.97 Å². The van der Waals surface area contributed by atoms with Crippen molar-refractivity contribution in [1.82, 2.24) is 10.2 Å². The second-order valence-electron chi connectivity index (χ2n) is 4.54. The Balaban J connectivity index is 2.31. The largest absolute Gasteiger partial charge is 0.480 e. The first-order valence-electron chi connectivity index (χ1n) is 5.78. The third kappa shape index (κ3) is 2.25. The number of carbonyl (C=O) groups is 1. The Labute approximate surface area is 105 Å². The second kappa shape index (κ2) is 4.61. The van der Waals surface area contributed by atoms with E-state index in [1.54, 1.807) is 13.8 Å². The first kappa shape index (κ1) is 12.3. The average molecular weight is 246 g/mol. The summed E-state index contributed by atoms with van der Waals surface area (Å²) in [5.41, 5.74) is 1.78. The molecule has 0 saturated heterocycles. The molecule has 1 saturated carbocycles. The van der Waals surface area contributed by atoms with Gasteiger partial charge in [-0.25, -0.2) is 4.79 Å². The van der Waals surface area contributed by atoms with Crippen LogP contribution in [0.4, 0.5) is 5.82 Å². The van der Waals surface area contributed by atoms with Crippen molar-refractivity contribution in [1.29, 1.82) is 5.26 Å². The van der Waals surface area contributed by atoms with Crippen LogP contribution in [-0.2, 0) is 4.79 Å². The molecule has 0 bridgehead atoms. The van der Waals surface area contributed by atoms with Crippen LogP contribution in [0.25, 0.3) is 0 Å². The Morgan fingerprint density at radius 2 is 2.17 bits per heavy atom. The van der Waals surface area contributed by atoms with Gasteiger partial charge in [-0.05, 0) is 38.2 Å². The minimum absolute atomic E-state index is 0.123. The summed E-state index contributed by atoms with van der Waals surface area (Å²) in [6, 6.07) is 1.36. The summed E-state index contributed by atoms with van der Waals surface area (Å²) in [5, 5.41) is 28.9. The molecule has 2 N–H and O–H groups in total. The van der Waals surface area contributed by atoms with Crippen LogP contribution in [0.3, 0.4) is 0 Å². The van der Waals surface area contributed by atoms with Crippen LogP contribution in [0.1, 0.15) is 29.7 Å². The fraction of sp³-hybridized carbons (Fsp3) is 0.500. The number of nitrogens with zero attached hydrogens (tertiary/aromatic N) is 3. The predicted octanol–water partition coefficient (Wildman–Crippen LogP) is 1.24. The third-order valence-corrected chi connectivity index (χ3v) is 3.22. The fourth-order valence-corrected chi connectivity index (χ4v) is 1.80. The van der Waals surface area contributed by atoms with E-state index in [0.29, 0.717) is 11.3 Å². The molecule has 0 aliphatic heterocycles. The van der Waals surface area contributed by atoms with Crippen molar-refractivity contribution in [2.75, 3.05) is 5.32 Å². The van der Waals surface area contributed by atoms with Gasteiger partial charge in [0, 0.05) is 0 Å². The van der Waals surface area contributed by atoms with E-state index in [1.807, 2.05) is 0 Å². The summed E-state index contributed by atoms with van der Waals surface area (Å²) < 4.78 is 0. The summed E-state index contributed by atoms with van der Waals surface area (Å²) in [7, 11) is 0. The average Bonchev–Trinajstić information content (AvgIpc) is 3.14. The van der Waals surface area contributed by atoms with Crippen molar-refractivity contribution in [3.63, 3.8) is 0 Å². The Kier molecular flexibility index (Phi) is 3.15. The van der Waals surface area contributed by atoms with Gasteiger partial charge in [0.15, 0.2) is 5.82 Å². The quantitative estimate of drug-likeness (QED) is 0.829. The Hall–Kier alpha value is -2.16. The monoisotopic (exact) mass is 246 g/mol. The van der Waals surface area contributed by atoms with Crippen molar-refractivity contribution in [3.8, 4) is 6.07 Å². The normalized spacial score (nSPS) is 15.8. The summed E-state index contributed by atoms with van der Waals surface area (Å²) in [4.78, 5) is 11.1.